The molecule has 1 N–H and O–H groups in total. The first-order valence-electron chi connectivity index (χ1n) is 5.42. The Morgan fingerprint density at radius 2 is 1.82 bits per heavy atom. The number of amides is 2. The summed E-state index contributed by atoms with van der Waals surface area (Å²) in [6.07, 6.45) is 0. The molecule has 0 bridgehead atoms. The highest BCUT2D eigenvalue weighted by molar-refractivity contribution is 6.04. The van der Waals surface area contributed by atoms with Gasteiger partial charge in [0.1, 0.15) is 6.54 Å². The average molecular weight is 233 g/mol. The van der Waals surface area contributed by atoms with Crippen LogP contribution in [0.5, 0.6) is 0 Å². The van der Waals surface area contributed by atoms with Gasteiger partial charge in [-0.1, -0.05) is 0 Å². The van der Waals surface area contributed by atoms with E-state index in [1.165, 1.54) is 4.90 Å². The molecule has 0 saturated carbocycles. The standard InChI is InChI=1S/C12H15N3O2/c1-14(2)9-3-5-10(6-4-9)15-8-11(16)13-7-12(15)17/h3-6H,7-8H2,1-2H3,(H,13,16). The summed E-state index contributed by atoms with van der Waals surface area (Å²) in [4.78, 5) is 26.4. The lowest BCUT2D eigenvalue weighted by Gasteiger charge is -2.27. The summed E-state index contributed by atoms with van der Waals surface area (Å²) in [6.45, 7) is 0.175. The molecule has 1 aliphatic rings. The van der Waals surface area contributed by atoms with E-state index in [1.807, 2.05) is 43.3 Å². The summed E-state index contributed by atoms with van der Waals surface area (Å²) in [5.74, 6) is -0.205. The second-order valence-corrected chi connectivity index (χ2v) is 4.17. The zero-order valence-corrected chi connectivity index (χ0v) is 9.93. The molecule has 1 aromatic rings. The number of hydrogen-bond acceptors (Lipinski definition) is 3. The Labute approximate surface area is 100 Å². The SMILES string of the molecule is CN(C)c1ccc(N2CC(=O)NCC2=O)cc1. The van der Waals surface area contributed by atoms with Crippen LogP contribution in [-0.2, 0) is 9.59 Å². The molecule has 1 heterocycles. The van der Waals surface area contributed by atoms with Crippen LogP contribution in [0.25, 0.3) is 0 Å². The van der Waals surface area contributed by atoms with Crippen LogP contribution in [-0.4, -0.2) is 39.0 Å². The normalized spacial score (nSPS) is 15.8. The van der Waals surface area contributed by atoms with Crippen LogP contribution in [0.4, 0.5) is 11.4 Å². The Bertz CT molecular complexity index is 440. The van der Waals surface area contributed by atoms with E-state index in [4.69, 9.17) is 0 Å². The monoisotopic (exact) mass is 233 g/mol. The van der Waals surface area contributed by atoms with Crippen molar-refractivity contribution in [3.8, 4) is 0 Å². The maximum Gasteiger partial charge on any atom is 0.246 e. The van der Waals surface area contributed by atoms with Gasteiger partial charge in [0, 0.05) is 25.5 Å². The third-order valence-electron chi connectivity index (χ3n) is 2.72. The van der Waals surface area contributed by atoms with E-state index in [0.29, 0.717) is 0 Å². The summed E-state index contributed by atoms with van der Waals surface area (Å²) in [5.41, 5.74) is 1.82. The molecule has 5 heteroatoms. The van der Waals surface area contributed by atoms with Gasteiger partial charge in [-0.2, -0.15) is 0 Å². The van der Waals surface area contributed by atoms with Crippen LogP contribution >= 0.6 is 0 Å². The van der Waals surface area contributed by atoms with Gasteiger partial charge in [-0.3, -0.25) is 9.59 Å². The first-order chi connectivity index (χ1) is 8.08. The quantitative estimate of drug-likeness (QED) is 0.794. The molecule has 5 nitrogen and oxygen atoms in total. The zero-order valence-electron chi connectivity index (χ0n) is 9.93. The van der Waals surface area contributed by atoms with Crippen molar-refractivity contribution in [3.05, 3.63) is 24.3 Å². The van der Waals surface area contributed by atoms with Crippen LogP contribution in [0.3, 0.4) is 0 Å². The maximum atomic E-state index is 11.7. The fourth-order valence-electron chi connectivity index (χ4n) is 1.72. The minimum Gasteiger partial charge on any atom is -0.378 e. The topological polar surface area (TPSA) is 52.6 Å². The molecule has 1 fully saturated rings. The van der Waals surface area contributed by atoms with Gasteiger partial charge in [0.2, 0.25) is 11.8 Å². The van der Waals surface area contributed by atoms with Crippen LogP contribution < -0.4 is 15.1 Å². The van der Waals surface area contributed by atoms with Crippen LogP contribution in [0, 0.1) is 0 Å². The van der Waals surface area contributed by atoms with Gasteiger partial charge in [0.05, 0.1) is 6.54 Å². The van der Waals surface area contributed by atoms with E-state index in [-0.39, 0.29) is 24.9 Å². The van der Waals surface area contributed by atoms with Gasteiger partial charge in [-0.25, -0.2) is 0 Å². The maximum absolute atomic E-state index is 11.7. The predicted octanol–water partition coefficient (Wildman–Crippen LogP) is 0.215. The summed E-state index contributed by atoms with van der Waals surface area (Å²) in [5, 5.41) is 2.52. The first-order valence-corrected chi connectivity index (χ1v) is 5.42. The molecule has 0 atom stereocenters. The number of nitrogens with one attached hydrogen (secondary N) is 1. The number of carbonyl (C=O) groups is 2. The van der Waals surface area contributed by atoms with Crippen LogP contribution in [0.2, 0.25) is 0 Å². The highest BCUT2D eigenvalue weighted by Crippen LogP contribution is 2.20. The van der Waals surface area contributed by atoms with Crippen molar-refractivity contribution in [2.75, 3.05) is 37.0 Å². The number of benzene rings is 1. The fourth-order valence-corrected chi connectivity index (χ4v) is 1.72. The third kappa shape index (κ3) is 2.38. The van der Waals surface area contributed by atoms with Gasteiger partial charge >= 0.3 is 0 Å². The minimum atomic E-state index is -0.124. The number of carbonyl (C=O) groups excluding carboxylic acids is 2. The van der Waals surface area contributed by atoms with Crippen molar-refractivity contribution < 1.29 is 9.59 Å². The summed E-state index contributed by atoms with van der Waals surface area (Å²) < 4.78 is 0. The number of piperazine rings is 1. The van der Waals surface area contributed by atoms with E-state index in [1.54, 1.807) is 0 Å². The van der Waals surface area contributed by atoms with Crippen molar-refractivity contribution in [1.82, 2.24) is 5.32 Å². The lowest BCUT2D eigenvalue weighted by atomic mass is 10.2. The molecule has 1 saturated heterocycles. The summed E-state index contributed by atoms with van der Waals surface area (Å²) in [7, 11) is 3.91. The van der Waals surface area contributed by atoms with Gasteiger partial charge in [0.25, 0.3) is 0 Å². The molecule has 1 aliphatic heterocycles. The molecule has 1 aromatic carbocycles. The van der Waals surface area contributed by atoms with Crippen molar-refractivity contribution >= 4 is 23.2 Å². The summed E-state index contributed by atoms with van der Waals surface area (Å²) in [6, 6.07) is 7.56. The highest BCUT2D eigenvalue weighted by Gasteiger charge is 2.24. The highest BCUT2D eigenvalue weighted by atomic mass is 16.2. The largest absolute Gasteiger partial charge is 0.378 e. The Balaban J connectivity index is 2.21. The smallest absolute Gasteiger partial charge is 0.246 e. The first kappa shape index (κ1) is 11.4. The van der Waals surface area contributed by atoms with Gasteiger partial charge < -0.3 is 15.1 Å². The molecule has 90 valence electrons. The molecule has 0 aliphatic carbocycles. The lowest BCUT2D eigenvalue weighted by molar-refractivity contribution is -0.128. The molecular weight excluding hydrogens is 218 g/mol. The average Bonchev–Trinajstić information content (AvgIpc) is 2.32. The van der Waals surface area contributed by atoms with E-state index in [2.05, 4.69) is 5.32 Å². The Morgan fingerprint density at radius 3 is 2.41 bits per heavy atom. The number of rotatable bonds is 2. The van der Waals surface area contributed by atoms with Crippen molar-refractivity contribution in [2.24, 2.45) is 0 Å². The molecule has 0 radical (unpaired) electrons. The van der Waals surface area contributed by atoms with Gasteiger partial charge in [0.15, 0.2) is 0 Å². The molecular formula is C12H15N3O2. The van der Waals surface area contributed by atoms with Crippen molar-refractivity contribution in [2.45, 2.75) is 0 Å². The molecule has 17 heavy (non-hydrogen) atoms. The van der Waals surface area contributed by atoms with Crippen molar-refractivity contribution in [3.63, 3.8) is 0 Å². The van der Waals surface area contributed by atoms with E-state index in [9.17, 15) is 9.59 Å². The number of hydrogen-bond donors (Lipinski definition) is 1. The minimum absolute atomic E-state index is 0.0776. The molecule has 0 spiro atoms. The Morgan fingerprint density at radius 1 is 1.18 bits per heavy atom. The van der Waals surface area contributed by atoms with E-state index < -0.39 is 0 Å². The van der Waals surface area contributed by atoms with Crippen LogP contribution in [0.1, 0.15) is 0 Å². The third-order valence-corrected chi connectivity index (χ3v) is 2.72. The number of anilines is 2. The second kappa shape index (κ2) is 4.45. The lowest BCUT2D eigenvalue weighted by Crippen LogP contribution is -2.51. The zero-order chi connectivity index (χ0) is 12.4. The Kier molecular flexibility index (Phi) is 2.99. The summed E-state index contributed by atoms with van der Waals surface area (Å²) >= 11 is 0. The number of nitrogens with zero attached hydrogens (tertiary/aromatic N) is 2. The van der Waals surface area contributed by atoms with E-state index in [0.717, 1.165) is 11.4 Å². The molecule has 2 rings (SSSR count). The van der Waals surface area contributed by atoms with E-state index >= 15 is 0 Å². The molecule has 2 amide bonds. The second-order valence-electron chi connectivity index (χ2n) is 4.17. The molecule has 0 unspecified atom stereocenters. The van der Waals surface area contributed by atoms with Gasteiger partial charge in [-0.15, -0.1) is 0 Å². The molecule has 0 aromatic heterocycles. The Hall–Kier alpha value is -2.04. The fraction of sp³-hybridized carbons (Fsp3) is 0.333. The van der Waals surface area contributed by atoms with Gasteiger partial charge in [-0.05, 0) is 24.3 Å². The predicted molar refractivity (Wildman–Crippen MR) is 66.1 cm³/mol. The van der Waals surface area contributed by atoms with Crippen LogP contribution in [0.15, 0.2) is 24.3 Å². The van der Waals surface area contributed by atoms with Crippen molar-refractivity contribution in [1.29, 1.82) is 0 Å².